The van der Waals surface area contributed by atoms with Crippen LogP contribution >= 0.6 is 11.3 Å². The number of carbonyl (C=O) groups is 1. The lowest BCUT2D eigenvalue weighted by Crippen LogP contribution is -2.48. The molecule has 2 fully saturated rings. The van der Waals surface area contributed by atoms with Crippen LogP contribution in [0.4, 0.5) is 9.93 Å². The third kappa shape index (κ3) is 3.95. The summed E-state index contributed by atoms with van der Waals surface area (Å²) in [5, 5.41) is 1.45. The number of nitrogens with one attached hydrogen (secondary N) is 1. The van der Waals surface area contributed by atoms with Gasteiger partial charge in [-0.3, -0.25) is 4.72 Å². The van der Waals surface area contributed by atoms with Crippen molar-refractivity contribution in [3.05, 3.63) is 5.38 Å². The van der Waals surface area contributed by atoms with Crippen molar-refractivity contribution in [2.75, 3.05) is 4.72 Å². The van der Waals surface area contributed by atoms with E-state index < -0.39 is 16.1 Å². The molecule has 0 aromatic carbocycles. The molecule has 0 saturated heterocycles. The van der Waals surface area contributed by atoms with Gasteiger partial charge in [0.1, 0.15) is 0 Å². The maximum Gasteiger partial charge on any atom is 0.417 e. The van der Waals surface area contributed by atoms with Crippen LogP contribution < -0.4 is 9.46 Å². The molecular weight excluding hydrogens is 338 g/mol. The summed E-state index contributed by atoms with van der Waals surface area (Å²) in [6.07, 6.45) is 2.89. The fourth-order valence-corrected chi connectivity index (χ4v) is 4.59. The highest BCUT2D eigenvalue weighted by atomic mass is 32.2. The van der Waals surface area contributed by atoms with Gasteiger partial charge in [0.15, 0.2) is 5.13 Å². The molecule has 0 unspecified atom stereocenters. The second-order valence-electron chi connectivity index (χ2n) is 6.98. The molecule has 0 spiro atoms. The molecule has 1 aromatic heterocycles. The molecule has 7 nitrogen and oxygen atoms in total. The van der Waals surface area contributed by atoms with Crippen LogP contribution in [0.2, 0.25) is 0 Å². The van der Waals surface area contributed by atoms with E-state index in [2.05, 4.69) is 9.71 Å². The molecule has 2 aliphatic rings. The van der Waals surface area contributed by atoms with E-state index in [0.29, 0.717) is 12.8 Å². The number of anilines is 1. The van der Waals surface area contributed by atoms with E-state index in [4.69, 9.17) is 4.74 Å². The van der Waals surface area contributed by atoms with Gasteiger partial charge in [0, 0.05) is 11.6 Å². The summed E-state index contributed by atoms with van der Waals surface area (Å²) < 4.78 is 31.5. The first-order valence-electron chi connectivity index (χ1n) is 7.65. The zero-order chi connectivity index (χ0) is 16.8. The minimum atomic E-state index is -3.35. The van der Waals surface area contributed by atoms with Gasteiger partial charge in [-0.1, -0.05) is 0 Å². The number of thiazole rings is 1. The van der Waals surface area contributed by atoms with Crippen molar-refractivity contribution in [3.63, 3.8) is 0 Å². The summed E-state index contributed by atoms with van der Waals surface area (Å²) in [4.78, 5) is 18.2. The fraction of sp³-hybridized carbons (Fsp3) is 0.714. The molecule has 9 heteroatoms. The van der Waals surface area contributed by atoms with Gasteiger partial charge in [0.25, 0.3) is 0 Å². The summed E-state index contributed by atoms with van der Waals surface area (Å²) in [5.74, 6) is 0.128. The van der Waals surface area contributed by atoms with Gasteiger partial charge in [-0.2, -0.15) is 4.98 Å². The molecular formula is C14H21N3O4S2. The van der Waals surface area contributed by atoms with E-state index in [1.807, 2.05) is 20.8 Å². The van der Waals surface area contributed by atoms with Gasteiger partial charge in [-0.15, -0.1) is 11.3 Å². The number of carbonyl (C=O) groups excluding carboxylic acids is 1. The maximum absolute atomic E-state index is 12.4. The first-order chi connectivity index (χ1) is 10.7. The van der Waals surface area contributed by atoms with Crippen molar-refractivity contribution in [1.82, 2.24) is 9.88 Å². The minimum absolute atomic E-state index is 0.128. The van der Waals surface area contributed by atoms with Gasteiger partial charge in [0.2, 0.25) is 15.9 Å². The summed E-state index contributed by atoms with van der Waals surface area (Å²) in [5.41, 5.74) is -0.329. The van der Waals surface area contributed by atoms with Crippen LogP contribution in [0.1, 0.15) is 46.5 Å². The monoisotopic (exact) mass is 359 g/mol. The molecule has 3 rings (SSSR count). The third-order valence-corrected chi connectivity index (χ3v) is 6.39. The first kappa shape index (κ1) is 16.5. The van der Waals surface area contributed by atoms with Gasteiger partial charge in [0.05, 0.1) is 10.6 Å². The van der Waals surface area contributed by atoms with Crippen molar-refractivity contribution in [3.8, 4) is 5.88 Å². The molecule has 1 heterocycles. The van der Waals surface area contributed by atoms with Crippen LogP contribution in [0.3, 0.4) is 0 Å². The number of sulfonamides is 1. The van der Waals surface area contributed by atoms with Crippen LogP contribution in [0, 0.1) is 0 Å². The third-order valence-electron chi connectivity index (χ3n) is 3.70. The summed E-state index contributed by atoms with van der Waals surface area (Å²) in [6, 6.07) is 0.217. The lowest BCUT2D eigenvalue weighted by atomic mass is 10.1. The van der Waals surface area contributed by atoms with Crippen LogP contribution in [-0.4, -0.2) is 41.2 Å². The molecule has 1 aromatic rings. The predicted octanol–water partition coefficient (Wildman–Crippen LogP) is 2.81. The molecule has 1 amide bonds. The largest absolute Gasteiger partial charge is 0.417 e. The SMILES string of the molecule is CC(C)(C)N(C(=O)Oc1csc(NS(=O)(=O)C2CC2)n1)C1CC1. The van der Waals surface area contributed by atoms with Crippen molar-refractivity contribution in [2.24, 2.45) is 0 Å². The van der Waals surface area contributed by atoms with Crippen LogP contribution in [0.15, 0.2) is 5.38 Å². The van der Waals surface area contributed by atoms with E-state index >= 15 is 0 Å². The van der Waals surface area contributed by atoms with Gasteiger partial charge in [-0.05, 0) is 46.5 Å². The lowest BCUT2D eigenvalue weighted by Gasteiger charge is -2.34. The average molecular weight is 359 g/mol. The predicted molar refractivity (Wildman–Crippen MR) is 88.3 cm³/mol. The van der Waals surface area contributed by atoms with E-state index in [-0.39, 0.29) is 27.8 Å². The lowest BCUT2D eigenvalue weighted by molar-refractivity contribution is 0.100. The number of ether oxygens (including phenoxy) is 1. The average Bonchev–Trinajstić information content (AvgIpc) is 3.28. The van der Waals surface area contributed by atoms with Crippen molar-refractivity contribution in [2.45, 2.75) is 63.3 Å². The topological polar surface area (TPSA) is 88.6 Å². The summed E-state index contributed by atoms with van der Waals surface area (Å²) >= 11 is 1.11. The number of amides is 1. The standard InChI is InChI=1S/C14H21N3O4S2/c1-14(2,3)17(9-4-5-9)13(18)21-11-8-22-12(15-11)16-23(19,20)10-6-7-10/h8-10H,4-7H2,1-3H3,(H,15,16). The van der Waals surface area contributed by atoms with Gasteiger partial charge >= 0.3 is 6.09 Å². The molecule has 128 valence electrons. The molecule has 0 aliphatic heterocycles. The quantitative estimate of drug-likeness (QED) is 0.873. The molecule has 0 atom stereocenters. The van der Waals surface area contributed by atoms with E-state index in [1.54, 1.807) is 4.90 Å². The Morgan fingerprint density at radius 3 is 2.52 bits per heavy atom. The number of aromatic nitrogens is 1. The normalized spacial score (nSPS) is 18.6. The molecule has 0 radical (unpaired) electrons. The fourth-order valence-electron chi connectivity index (χ4n) is 2.38. The van der Waals surface area contributed by atoms with E-state index in [0.717, 1.165) is 24.2 Å². The first-order valence-corrected chi connectivity index (χ1v) is 10.1. The second-order valence-corrected chi connectivity index (χ2v) is 9.80. The smallest absolute Gasteiger partial charge is 0.390 e. The molecule has 2 aliphatic carbocycles. The second kappa shape index (κ2) is 5.62. The van der Waals surface area contributed by atoms with E-state index in [1.165, 1.54) is 5.38 Å². The maximum atomic E-state index is 12.4. The number of rotatable bonds is 5. The highest BCUT2D eigenvalue weighted by molar-refractivity contribution is 7.93. The molecule has 0 bridgehead atoms. The molecule has 23 heavy (non-hydrogen) atoms. The van der Waals surface area contributed by atoms with Gasteiger partial charge in [-0.25, -0.2) is 13.2 Å². The van der Waals surface area contributed by atoms with E-state index in [9.17, 15) is 13.2 Å². The number of nitrogens with zero attached hydrogens (tertiary/aromatic N) is 2. The Kier molecular flexibility index (Phi) is 4.04. The number of hydrogen-bond donors (Lipinski definition) is 1. The Bertz CT molecular complexity index is 700. The highest BCUT2D eigenvalue weighted by Gasteiger charge is 2.41. The molecule has 1 N–H and O–H groups in total. The summed E-state index contributed by atoms with van der Waals surface area (Å²) in [7, 11) is -3.35. The zero-order valence-electron chi connectivity index (χ0n) is 13.4. The van der Waals surface area contributed by atoms with Crippen LogP contribution in [-0.2, 0) is 10.0 Å². The summed E-state index contributed by atoms with van der Waals surface area (Å²) in [6.45, 7) is 5.88. The van der Waals surface area contributed by atoms with Crippen molar-refractivity contribution < 1.29 is 17.9 Å². The van der Waals surface area contributed by atoms with Crippen LogP contribution in [0.25, 0.3) is 0 Å². The minimum Gasteiger partial charge on any atom is -0.390 e. The van der Waals surface area contributed by atoms with Crippen LogP contribution in [0.5, 0.6) is 5.88 Å². The Morgan fingerprint density at radius 1 is 1.35 bits per heavy atom. The highest BCUT2D eigenvalue weighted by Crippen LogP contribution is 2.34. The Labute approximate surface area is 140 Å². The Morgan fingerprint density at radius 2 is 2.00 bits per heavy atom. The molecule has 2 saturated carbocycles. The zero-order valence-corrected chi connectivity index (χ0v) is 15.0. The Balaban J connectivity index is 1.65. The van der Waals surface area contributed by atoms with Crippen molar-refractivity contribution >= 4 is 32.6 Å². The van der Waals surface area contributed by atoms with Gasteiger partial charge < -0.3 is 9.64 Å². The Hall–Kier alpha value is -1.35. The van der Waals surface area contributed by atoms with Crippen molar-refractivity contribution in [1.29, 1.82) is 0 Å². The number of hydrogen-bond acceptors (Lipinski definition) is 6.